The molecule has 18 heavy (non-hydrogen) atoms. The Morgan fingerprint density at radius 3 is 2.61 bits per heavy atom. The summed E-state index contributed by atoms with van der Waals surface area (Å²) in [5.41, 5.74) is 1.30. The van der Waals surface area contributed by atoms with Gasteiger partial charge in [0.1, 0.15) is 5.69 Å². The monoisotopic (exact) mass is 302 g/mol. The molecule has 0 atom stereocenters. The van der Waals surface area contributed by atoms with E-state index in [0.717, 1.165) is 5.56 Å². The molecular weight excluding hydrogens is 291 g/mol. The molecule has 2 aromatic rings. The number of halogens is 2. The molecule has 0 aliphatic rings. The summed E-state index contributed by atoms with van der Waals surface area (Å²) in [7, 11) is 0. The first-order chi connectivity index (χ1) is 8.43. The average molecular weight is 303 g/mol. The molecule has 0 aromatic carbocycles. The lowest BCUT2D eigenvalue weighted by atomic mass is 10.2. The Hall–Kier alpha value is -0.840. The van der Waals surface area contributed by atoms with E-state index in [1.807, 2.05) is 26.2 Å². The number of carbonyl (C=O) groups excluding carboxylic acids is 1. The number of rotatable bonds is 3. The van der Waals surface area contributed by atoms with Crippen LogP contribution in [0, 0.1) is 6.92 Å². The molecule has 2 heterocycles. The molecule has 0 N–H and O–H groups in total. The molecule has 2 aromatic heterocycles. The molecule has 0 saturated carbocycles. The van der Waals surface area contributed by atoms with E-state index in [4.69, 9.17) is 23.2 Å². The molecule has 0 bridgehead atoms. The predicted molar refractivity (Wildman–Crippen MR) is 75.1 cm³/mol. The third kappa shape index (κ3) is 2.20. The van der Waals surface area contributed by atoms with Crippen LogP contribution in [0.15, 0.2) is 11.6 Å². The van der Waals surface area contributed by atoms with E-state index in [0.29, 0.717) is 20.6 Å². The molecule has 0 unspecified atom stereocenters. The van der Waals surface area contributed by atoms with Gasteiger partial charge in [0.2, 0.25) is 5.78 Å². The second-order valence-corrected chi connectivity index (χ2v) is 5.94. The third-order valence-corrected chi connectivity index (χ3v) is 4.53. The van der Waals surface area contributed by atoms with E-state index in [-0.39, 0.29) is 11.8 Å². The van der Waals surface area contributed by atoms with Gasteiger partial charge in [0.15, 0.2) is 0 Å². The van der Waals surface area contributed by atoms with E-state index in [1.54, 1.807) is 4.68 Å². The third-order valence-electron chi connectivity index (χ3n) is 2.56. The number of ketones is 1. The van der Waals surface area contributed by atoms with E-state index >= 15 is 0 Å². The maximum absolute atomic E-state index is 12.5. The minimum absolute atomic E-state index is 0.0660. The van der Waals surface area contributed by atoms with Crippen molar-refractivity contribution in [1.29, 1.82) is 0 Å². The fourth-order valence-electron chi connectivity index (χ4n) is 1.64. The number of nitrogens with zero attached hydrogens (tertiary/aromatic N) is 2. The van der Waals surface area contributed by atoms with E-state index < -0.39 is 0 Å². The summed E-state index contributed by atoms with van der Waals surface area (Å²) in [4.78, 5) is 13.0. The van der Waals surface area contributed by atoms with Crippen molar-refractivity contribution in [1.82, 2.24) is 9.78 Å². The fraction of sp³-hybridized carbons (Fsp3) is 0.333. The lowest BCUT2D eigenvalue weighted by Gasteiger charge is -2.09. The second-order valence-electron chi connectivity index (χ2n) is 4.27. The maximum Gasteiger partial charge on any atom is 0.224 e. The molecular formula is C12H12Cl2N2OS. The molecule has 0 amide bonds. The molecule has 0 fully saturated rings. The highest BCUT2D eigenvalue weighted by Crippen LogP contribution is 2.31. The first-order valence-corrected chi connectivity index (χ1v) is 7.08. The quantitative estimate of drug-likeness (QED) is 0.789. The van der Waals surface area contributed by atoms with Gasteiger partial charge in [-0.3, -0.25) is 9.48 Å². The zero-order chi connectivity index (χ0) is 13.4. The van der Waals surface area contributed by atoms with Gasteiger partial charge in [0.05, 0.1) is 21.1 Å². The molecule has 96 valence electrons. The van der Waals surface area contributed by atoms with Gasteiger partial charge in [0, 0.05) is 6.04 Å². The summed E-state index contributed by atoms with van der Waals surface area (Å²) in [6.45, 7) is 5.76. The molecule has 0 aliphatic carbocycles. The van der Waals surface area contributed by atoms with Crippen LogP contribution in [0.3, 0.4) is 0 Å². The lowest BCUT2D eigenvalue weighted by Crippen LogP contribution is -2.13. The summed E-state index contributed by atoms with van der Waals surface area (Å²) >= 11 is 13.5. The molecule has 2 rings (SSSR count). The minimum Gasteiger partial charge on any atom is -0.286 e. The Labute approximate surface area is 119 Å². The van der Waals surface area contributed by atoms with E-state index in [1.165, 1.54) is 17.5 Å². The van der Waals surface area contributed by atoms with Crippen LogP contribution in [0.1, 0.15) is 40.8 Å². The largest absolute Gasteiger partial charge is 0.286 e. The van der Waals surface area contributed by atoms with Crippen LogP contribution in [0.4, 0.5) is 0 Å². The van der Waals surface area contributed by atoms with Crippen molar-refractivity contribution in [2.75, 3.05) is 0 Å². The Morgan fingerprint density at radius 2 is 2.11 bits per heavy atom. The van der Waals surface area contributed by atoms with Gasteiger partial charge in [-0.05, 0) is 31.7 Å². The molecule has 0 aliphatic heterocycles. The van der Waals surface area contributed by atoms with E-state index in [2.05, 4.69) is 5.10 Å². The fourth-order valence-corrected chi connectivity index (χ4v) is 3.07. The molecule has 6 heteroatoms. The highest BCUT2D eigenvalue weighted by atomic mass is 35.5. The van der Waals surface area contributed by atoms with Gasteiger partial charge in [-0.25, -0.2) is 0 Å². The predicted octanol–water partition coefficient (Wildman–Crippen LogP) is 4.37. The first kappa shape index (κ1) is 13.6. The summed E-state index contributed by atoms with van der Waals surface area (Å²) < 4.78 is 1.62. The highest BCUT2D eigenvalue weighted by molar-refractivity contribution is 7.13. The first-order valence-electron chi connectivity index (χ1n) is 5.44. The van der Waals surface area contributed by atoms with Crippen molar-refractivity contribution in [3.8, 4) is 0 Å². The Bertz CT molecular complexity index is 601. The van der Waals surface area contributed by atoms with Gasteiger partial charge < -0.3 is 0 Å². The van der Waals surface area contributed by atoms with Crippen molar-refractivity contribution in [3.05, 3.63) is 37.8 Å². The molecule has 0 radical (unpaired) electrons. The van der Waals surface area contributed by atoms with Crippen molar-refractivity contribution < 1.29 is 4.79 Å². The standard InChI is InChI=1S/C12H12Cl2N2OS/c1-6(2)16-10(8(13)4-15-16)11(17)12-9(14)7(3)5-18-12/h4-6H,1-3H3. The summed E-state index contributed by atoms with van der Waals surface area (Å²) in [6, 6.07) is 0.0660. The lowest BCUT2D eigenvalue weighted by molar-refractivity contribution is 0.103. The average Bonchev–Trinajstić information content (AvgIpc) is 2.84. The smallest absolute Gasteiger partial charge is 0.224 e. The number of aryl methyl sites for hydroxylation is 1. The van der Waals surface area contributed by atoms with Crippen LogP contribution >= 0.6 is 34.5 Å². The topological polar surface area (TPSA) is 34.9 Å². The number of thiophene rings is 1. The Balaban J connectivity index is 2.53. The Kier molecular flexibility index (Phi) is 3.80. The number of aromatic nitrogens is 2. The van der Waals surface area contributed by atoms with Crippen LogP contribution in [0.2, 0.25) is 10.0 Å². The number of hydrogen-bond donors (Lipinski definition) is 0. The molecule has 0 saturated heterocycles. The van der Waals surface area contributed by atoms with E-state index in [9.17, 15) is 4.79 Å². The van der Waals surface area contributed by atoms with Crippen LogP contribution in [-0.4, -0.2) is 15.6 Å². The maximum atomic E-state index is 12.5. The van der Waals surface area contributed by atoms with Gasteiger partial charge in [-0.15, -0.1) is 11.3 Å². The van der Waals surface area contributed by atoms with Crippen molar-refractivity contribution >= 4 is 40.3 Å². The highest BCUT2D eigenvalue weighted by Gasteiger charge is 2.24. The van der Waals surface area contributed by atoms with Crippen LogP contribution in [-0.2, 0) is 0 Å². The van der Waals surface area contributed by atoms with Crippen LogP contribution < -0.4 is 0 Å². The molecule has 3 nitrogen and oxygen atoms in total. The van der Waals surface area contributed by atoms with Gasteiger partial charge in [0.25, 0.3) is 0 Å². The van der Waals surface area contributed by atoms with Crippen molar-refractivity contribution in [3.63, 3.8) is 0 Å². The second kappa shape index (κ2) is 5.03. The normalized spacial score (nSPS) is 11.2. The summed E-state index contributed by atoms with van der Waals surface area (Å²) in [5.74, 6) is -0.172. The summed E-state index contributed by atoms with van der Waals surface area (Å²) in [6.07, 6.45) is 1.49. The van der Waals surface area contributed by atoms with Gasteiger partial charge in [-0.1, -0.05) is 23.2 Å². The zero-order valence-electron chi connectivity index (χ0n) is 10.2. The van der Waals surface area contributed by atoms with Gasteiger partial charge >= 0.3 is 0 Å². The zero-order valence-corrected chi connectivity index (χ0v) is 12.5. The van der Waals surface area contributed by atoms with Crippen LogP contribution in [0.25, 0.3) is 0 Å². The van der Waals surface area contributed by atoms with Crippen LogP contribution in [0.5, 0.6) is 0 Å². The molecule has 0 spiro atoms. The van der Waals surface area contributed by atoms with Gasteiger partial charge in [-0.2, -0.15) is 5.10 Å². The van der Waals surface area contributed by atoms with Crippen molar-refractivity contribution in [2.45, 2.75) is 26.8 Å². The minimum atomic E-state index is -0.172. The Morgan fingerprint density at radius 1 is 1.44 bits per heavy atom. The summed E-state index contributed by atoms with van der Waals surface area (Å²) in [5, 5.41) is 6.84. The van der Waals surface area contributed by atoms with Crippen molar-refractivity contribution in [2.24, 2.45) is 0 Å². The SMILES string of the molecule is Cc1csc(C(=O)c2c(Cl)cnn2C(C)C)c1Cl. The number of hydrogen-bond acceptors (Lipinski definition) is 3. The number of carbonyl (C=O) groups is 1.